The van der Waals surface area contributed by atoms with Crippen LogP contribution in [0.3, 0.4) is 0 Å². The van der Waals surface area contributed by atoms with Crippen LogP contribution in [0.15, 0.2) is 36.4 Å². The van der Waals surface area contributed by atoms with Crippen molar-refractivity contribution in [3.63, 3.8) is 0 Å². The van der Waals surface area contributed by atoms with Gasteiger partial charge in [-0.05, 0) is 49.2 Å². The van der Waals surface area contributed by atoms with E-state index in [1.807, 2.05) is 26.0 Å². The zero-order chi connectivity index (χ0) is 20.3. The predicted molar refractivity (Wildman–Crippen MR) is 101 cm³/mol. The number of fused-ring (bicyclic) bond motifs is 1. The maximum absolute atomic E-state index is 12.2. The third-order valence-corrected chi connectivity index (χ3v) is 4.62. The average Bonchev–Trinajstić information content (AvgIpc) is 3.02. The van der Waals surface area contributed by atoms with Crippen molar-refractivity contribution in [1.82, 2.24) is 4.98 Å². The summed E-state index contributed by atoms with van der Waals surface area (Å²) in [5.74, 6) is -1.55. The molecule has 3 aromatic rings. The third kappa shape index (κ3) is 4.80. The minimum atomic E-state index is -3.00. The molecular weight excluding hydrogens is 390 g/mol. The number of hydrogen-bond donors (Lipinski definition) is 1. The number of alkyl halides is 2. The molecule has 0 fully saturated rings. The van der Waals surface area contributed by atoms with Gasteiger partial charge >= 0.3 is 12.6 Å². The van der Waals surface area contributed by atoms with Crippen LogP contribution in [0.2, 0.25) is 0 Å². The molecule has 0 atom stereocenters. The molecule has 0 saturated carbocycles. The van der Waals surface area contributed by atoms with Crippen LogP contribution in [0.4, 0.5) is 13.9 Å². The second-order valence-corrected chi connectivity index (χ2v) is 7.01. The zero-order valence-corrected chi connectivity index (χ0v) is 15.8. The summed E-state index contributed by atoms with van der Waals surface area (Å²) in [5.41, 5.74) is 2.90. The summed E-state index contributed by atoms with van der Waals surface area (Å²) >= 11 is 1.32. The quantitative estimate of drug-likeness (QED) is 0.617. The molecule has 0 aliphatic heterocycles. The number of anilines is 1. The fourth-order valence-corrected chi connectivity index (χ4v) is 3.65. The van der Waals surface area contributed by atoms with Crippen LogP contribution in [0, 0.1) is 13.8 Å². The number of esters is 1. The molecular formula is C19H16F2N2O4S. The van der Waals surface area contributed by atoms with Gasteiger partial charge in [-0.1, -0.05) is 23.5 Å². The van der Waals surface area contributed by atoms with Crippen LogP contribution >= 0.6 is 11.3 Å². The van der Waals surface area contributed by atoms with Gasteiger partial charge in [0.25, 0.3) is 5.91 Å². The molecule has 6 nitrogen and oxygen atoms in total. The molecule has 1 N–H and O–H groups in total. The minimum Gasteiger partial charge on any atom is -0.452 e. The summed E-state index contributed by atoms with van der Waals surface area (Å²) in [5, 5.41) is 2.99. The van der Waals surface area contributed by atoms with Crippen molar-refractivity contribution in [3.8, 4) is 5.75 Å². The van der Waals surface area contributed by atoms with Crippen molar-refractivity contribution in [2.75, 3.05) is 11.9 Å². The molecule has 9 heteroatoms. The Kier molecular flexibility index (Phi) is 5.84. The Morgan fingerprint density at radius 3 is 2.75 bits per heavy atom. The Labute approximate surface area is 163 Å². The number of ether oxygens (including phenoxy) is 2. The highest BCUT2D eigenvalue weighted by atomic mass is 32.1. The van der Waals surface area contributed by atoms with Gasteiger partial charge in [-0.3, -0.25) is 10.1 Å². The molecule has 1 heterocycles. The smallest absolute Gasteiger partial charge is 0.387 e. The summed E-state index contributed by atoms with van der Waals surface area (Å²) in [6, 6.07) is 9.13. The van der Waals surface area contributed by atoms with E-state index in [0.29, 0.717) is 5.13 Å². The first-order chi connectivity index (χ1) is 13.3. The van der Waals surface area contributed by atoms with E-state index >= 15 is 0 Å². The van der Waals surface area contributed by atoms with Crippen molar-refractivity contribution in [3.05, 3.63) is 53.1 Å². The summed E-state index contributed by atoms with van der Waals surface area (Å²) in [7, 11) is 0. The number of benzene rings is 2. The van der Waals surface area contributed by atoms with Gasteiger partial charge < -0.3 is 9.47 Å². The van der Waals surface area contributed by atoms with Gasteiger partial charge in [-0.25, -0.2) is 9.78 Å². The number of carbonyl (C=O) groups is 2. The molecule has 1 amide bonds. The van der Waals surface area contributed by atoms with E-state index in [9.17, 15) is 18.4 Å². The number of aromatic nitrogens is 1. The van der Waals surface area contributed by atoms with Gasteiger partial charge in [-0.15, -0.1) is 0 Å². The number of nitrogens with zero attached hydrogens (tertiary/aromatic N) is 1. The van der Waals surface area contributed by atoms with Crippen LogP contribution in [0.5, 0.6) is 5.75 Å². The predicted octanol–water partition coefficient (Wildman–Crippen LogP) is 4.31. The first kappa shape index (κ1) is 19.7. The Bertz CT molecular complexity index is 1040. The second-order valence-electron chi connectivity index (χ2n) is 5.98. The number of aryl methyl sites for hydroxylation is 2. The molecule has 0 aliphatic rings. The van der Waals surface area contributed by atoms with Crippen molar-refractivity contribution < 1.29 is 27.8 Å². The van der Waals surface area contributed by atoms with E-state index < -0.39 is 25.1 Å². The molecule has 0 radical (unpaired) electrons. The Morgan fingerprint density at radius 1 is 1.21 bits per heavy atom. The Morgan fingerprint density at radius 2 is 2.00 bits per heavy atom. The number of amides is 1. The standard InChI is InChI=1S/C19H16F2N2O4S/c1-10-6-11(2)16-14(7-10)28-19(23-16)22-15(24)9-26-17(25)12-4-3-5-13(8-12)27-18(20)21/h3-8,18H,9H2,1-2H3,(H,22,23,24). The van der Waals surface area contributed by atoms with Gasteiger partial charge in [0, 0.05) is 0 Å². The average molecular weight is 406 g/mol. The highest BCUT2D eigenvalue weighted by Gasteiger charge is 2.14. The van der Waals surface area contributed by atoms with Crippen LogP contribution in [0.1, 0.15) is 21.5 Å². The number of thiazole rings is 1. The molecule has 0 spiro atoms. The molecule has 0 aliphatic carbocycles. The van der Waals surface area contributed by atoms with E-state index in [1.54, 1.807) is 0 Å². The molecule has 146 valence electrons. The minimum absolute atomic E-state index is 0.00274. The third-order valence-electron chi connectivity index (χ3n) is 3.71. The highest BCUT2D eigenvalue weighted by molar-refractivity contribution is 7.22. The van der Waals surface area contributed by atoms with Crippen LogP contribution < -0.4 is 10.1 Å². The summed E-state index contributed by atoms with van der Waals surface area (Å²) in [4.78, 5) is 28.4. The van der Waals surface area contributed by atoms with E-state index in [-0.39, 0.29) is 11.3 Å². The summed E-state index contributed by atoms with van der Waals surface area (Å²) in [6.07, 6.45) is 0. The molecule has 0 bridgehead atoms. The lowest BCUT2D eigenvalue weighted by Crippen LogP contribution is -2.20. The van der Waals surface area contributed by atoms with E-state index in [1.165, 1.54) is 29.5 Å². The number of nitrogens with one attached hydrogen (secondary N) is 1. The van der Waals surface area contributed by atoms with E-state index in [0.717, 1.165) is 27.4 Å². The molecule has 28 heavy (non-hydrogen) atoms. The number of carbonyl (C=O) groups excluding carboxylic acids is 2. The number of hydrogen-bond acceptors (Lipinski definition) is 6. The number of halogens is 2. The van der Waals surface area contributed by atoms with Gasteiger partial charge in [0.1, 0.15) is 5.75 Å². The first-order valence-electron chi connectivity index (χ1n) is 8.21. The SMILES string of the molecule is Cc1cc(C)c2nc(NC(=O)COC(=O)c3cccc(OC(F)F)c3)sc2c1. The monoisotopic (exact) mass is 406 g/mol. The van der Waals surface area contributed by atoms with Crippen molar-refractivity contribution >= 4 is 38.6 Å². The summed E-state index contributed by atoms with van der Waals surface area (Å²) in [6.45, 7) is 0.380. The van der Waals surface area contributed by atoms with Crippen molar-refractivity contribution in [2.45, 2.75) is 20.5 Å². The van der Waals surface area contributed by atoms with Gasteiger partial charge in [0.05, 0.1) is 15.8 Å². The lowest BCUT2D eigenvalue weighted by Gasteiger charge is -2.07. The molecule has 1 aromatic heterocycles. The number of rotatable bonds is 6. The maximum atomic E-state index is 12.2. The maximum Gasteiger partial charge on any atom is 0.387 e. The lowest BCUT2D eigenvalue weighted by molar-refractivity contribution is -0.119. The zero-order valence-electron chi connectivity index (χ0n) is 15.0. The first-order valence-corrected chi connectivity index (χ1v) is 9.03. The normalized spacial score (nSPS) is 10.9. The summed E-state index contributed by atoms with van der Waals surface area (Å²) < 4.78 is 34.6. The Balaban J connectivity index is 1.60. The fraction of sp³-hybridized carbons (Fsp3) is 0.211. The van der Waals surface area contributed by atoms with Crippen LogP contribution in [0.25, 0.3) is 10.2 Å². The van der Waals surface area contributed by atoms with E-state index in [4.69, 9.17) is 4.74 Å². The lowest BCUT2D eigenvalue weighted by atomic mass is 10.1. The van der Waals surface area contributed by atoms with Gasteiger partial charge in [0.2, 0.25) is 0 Å². The van der Waals surface area contributed by atoms with Crippen LogP contribution in [-0.2, 0) is 9.53 Å². The van der Waals surface area contributed by atoms with Gasteiger partial charge in [-0.2, -0.15) is 8.78 Å². The van der Waals surface area contributed by atoms with Crippen LogP contribution in [-0.4, -0.2) is 30.1 Å². The molecule has 0 unspecified atom stereocenters. The van der Waals surface area contributed by atoms with E-state index in [2.05, 4.69) is 15.0 Å². The van der Waals surface area contributed by atoms with Crippen molar-refractivity contribution in [1.29, 1.82) is 0 Å². The second kappa shape index (κ2) is 8.30. The molecule has 3 rings (SSSR count). The largest absolute Gasteiger partial charge is 0.452 e. The topological polar surface area (TPSA) is 77.5 Å². The molecule has 0 saturated heterocycles. The molecule has 2 aromatic carbocycles. The fourth-order valence-electron chi connectivity index (χ4n) is 2.59. The Hall–Kier alpha value is -3.07. The highest BCUT2D eigenvalue weighted by Crippen LogP contribution is 2.29. The van der Waals surface area contributed by atoms with Crippen molar-refractivity contribution in [2.24, 2.45) is 0 Å². The van der Waals surface area contributed by atoms with Gasteiger partial charge in [0.15, 0.2) is 11.7 Å².